The maximum Gasteiger partial charge on any atom is 0.307 e. The average Bonchev–Trinajstić information content (AvgIpc) is 2.66. The van der Waals surface area contributed by atoms with Crippen LogP contribution < -0.4 is 5.48 Å². The Morgan fingerprint density at radius 3 is 2.43 bits per heavy atom. The smallest absolute Gasteiger partial charge is 0.307 e. The largest absolute Gasteiger partial charge is 0.481 e. The van der Waals surface area contributed by atoms with Gasteiger partial charge in [-0.1, -0.05) is 43.3 Å². The number of aryl methyl sites for hydroxylation is 1. The van der Waals surface area contributed by atoms with E-state index < -0.39 is 35.3 Å². The standard InChI is InChI=1S/C21H23F2NO4/c1-2-17(20(25)24-28-13-14-6-4-3-5-7-14)18(21(26)27)11-9-15-8-10-16(22)12-19(15)23/h3-8,10,12,17-18H,2,9,11,13H2,1H3,(H,24,25)(H,26,27)/t17-,18-/m1/s1. The van der Waals surface area contributed by atoms with Crippen LogP contribution in [-0.2, 0) is 27.5 Å². The van der Waals surface area contributed by atoms with Gasteiger partial charge >= 0.3 is 5.97 Å². The fourth-order valence-corrected chi connectivity index (χ4v) is 3.03. The van der Waals surface area contributed by atoms with E-state index in [1.807, 2.05) is 30.3 Å². The number of hydrogen-bond donors (Lipinski definition) is 2. The van der Waals surface area contributed by atoms with E-state index in [2.05, 4.69) is 5.48 Å². The van der Waals surface area contributed by atoms with Gasteiger partial charge in [0, 0.05) is 6.07 Å². The number of aliphatic carboxylic acids is 1. The second-order valence-electron chi connectivity index (χ2n) is 6.47. The maximum atomic E-state index is 13.8. The number of benzene rings is 2. The lowest BCUT2D eigenvalue weighted by molar-refractivity contribution is -0.152. The molecule has 2 aromatic rings. The second kappa shape index (κ2) is 10.5. The van der Waals surface area contributed by atoms with Crippen molar-refractivity contribution in [1.29, 1.82) is 0 Å². The molecular formula is C21H23F2NO4. The van der Waals surface area contributed by atoms with Crippen LogP contribution >= 0.6 is 0 Å². The van der Waals surface area contributed by atoms with Gasteiger partial charge in [-0.15, -0.1) is 0 Å². The van der Waals surface area contributed by atoms with Gasteiger partial charge in [-0.2, -0.15) is 0 Å². The first-order valence-corrected chi connectivity index (χ1v) is 9.04. The summed E-state index contributed by atoms with van der Waals surface area (Å²) in [6.07, 6.45) is 0.406. The van der Waals surface area contributed by atoms with E-state index in [0.29, 0.717) is 0 Å². The van der Waals surface area contributed by atoms with Crippen molar-refractivity contribution in [1.82, 2.24) is 5.48 Å². The molecule has 2 N–H and O–H groups in total. The van der Waals surface area contributed by atoms with Crippen molar-refractivity contribution in [2.45, 2.75) is 32.8 Å². The van der Waals surface area contributed by atoms with Crippen LogP contribution in [0.5, 0.6) is 0 Å². The molecule has 1 amide bonds. The van der Waals surface area contributed by atoms with E-state index in [4.69, 9.17) is 4.84 Å². The van der Waals surface area contributed by atoms with Crippen molar-refractivity contribution in [3.05, 3.63) is 71.3 Å². The zero-order chi connectivity index (χ0) is 20.5. The van der Waals surface area contributed by atoms with E-state index in [1.165, 1.54) is 6.07 Å². The van der Waals surface area contributed by atoms with Crippen molar-refractivity contribution in [3.8, 4) is 0 Å². The number of rotatable bonds is 10. The Bertz CT molecular complexity index is 798. The Morgan fingerprint density at radius 2 is 1.82 bits per heavy atom. The van der Waals surface area contributed by atoms with Gasteiger partial charge in [-0.25, -0.2) is 14.3 Å². The van der Waals surface area contributed by atoms with Crippen molar-refractivity contribution in [2.75, 3.05) is 0 Å². The molecule has 0 saturated carbocycles. The monoisotopic (exact) mass is 391 g/mol. The summed E-state index contributed by atoms with van der Waals surface area (Å²) in [6, 6.07) is 12.4. The second-order valence-corrected chi connectivity index (χ2v) is 6.47. The predicted octanol–water partition coefficient (Wildman–Crippen LogP) is 3.87. The first-order chi connectivity index (χ1) is 13.4. The number of carboxylic acid groups (broad SMARTS) is 1. The molecule has 0 spiro atoms. The molecule has 0 radical (unpaired) electrons. The molecule has 0 aliphatic heterocycles. The highest BCUT2D eigenvalue weighted by Crippen LogP contribution is 2.24. The van der Waals surface area contributed by atoms with Gasteiger partial charge in [0.25, 0.3) is 0 Å². The minimum absolute atomic E-state index is 0.0441. The van der Waals surface area contributed by atoms with E-state index >= 15 is 0 Å². The summed E-state index contributed by atoms with van der Waals surface area (Å²) < 4.78 is 26.8. The number of carbonyl (C=O) groups is 2. The average molecular weight is 391 g/mol. The maximum absolute atomic E-state index is 13.8. The minimum Gasteiger partial charge on any atom is -0.481 e. The third-order valence-corrected chi connectivity index (χ3v) is 4.57. The molecule has 0 aliphatic carbocycles. The summed E-state index contributed by atoms with van der Waals surface area (Å²) >= 11 is 0. The third kappa shape index (κ3) is 6.13. The van der Waals surface area contributed by atoms with Crippen molar-refractivity contribution >= 4 is 11.9 Å². The number of carboxylic acids is 1. The fraction of sp³-hybridized carbons (Fsp3) is 0.333. The Labute approximate surface area is 162 Å². The number of hydroxylamine groups is 1. The zero-order valence-corrected chi connectivity index (χ0v) is 15.5. The molecule has 150 valence electrons. The lowest BCUT2D eigenvalue weighted by atomic mass is 9.85. The quantitative estimate of drug-likeness (QED) is 0.603. The number of halogens is 2. The number of hydrogen-bond acceptors (Lipinski definition) is 3. The molecule has 0 saturated heterocycles. The summed E-state index contributed by atoms with van der Waals surface area (Å²) in [5.41, 5.74) is 3.38. The first-order valence-electron chi connectivity index (χ1n) is 9.04. The van der Waals surface area contributed by atoms with Crippen LogP contribution in [-0.4, -0.2) is 17.0 Å². The molecule has 2 rings (SSSR count). The predicted molar refractivity (Wildman–Crippen MR) is 99.0 cm³/mol. The molecule has 0 aliphatic rings. The van der Waals surface area contributed by atoms with E-state index in [-0.39, 0.29) is 31.4 Å². The normalized spacial score (nSPS) is 13.0. The van der Waals surface area contributed by atoms with Crippen LogP contribution in [0.1, 0.15) is 30.9 Å². The summed E-state index contributed by atoms with van der Waals surface area (Å²) in [5.74, 6) is -4.96. The van der Waals surface area contributed by atoms with E-state index in [9.17, 15) is 23.5 Å². The van der Waals surface area contributed by atoms with E-state index in [0.717, 1.165) is 17.7 Å². The van der Waals surface area contributed by atoms with Crippen LogP contribution in [0.3, 0.4) is 0 Å². The van der Waals surface area contributed by atoms with Gasteiger partial charge in [0.05, 0.1) is 18.4 Å². The summed E-state index contributed by atoms with van der Waals surface area (Å²) in [7, 11) is 0. The van der Waals surface area contributed by atoms with Gasteiger partial charge in [-0.3, -0.25) is 14.4 Å². The molecular weight excluding hydrogens is 368 g/mol. The SMILES string of the molecule is CC[C@@H](C(=O)NOCc1ccccc1)[C@@H](CCc1ccc(F)cc1F)C(=O)O. The molecule has 0 bridgehead atoms. The highest BCUT2D eigenvalue weighted by atomic mass is 19.1. The van der Waals surface area contributed by atoms with Crippen LogP contribution in [0.25, 0.3) is 0 Å². The van der Waals surface area contributed by atoms with Gasteiger partial charge in [-0.05, 0) is 36.5 Å². The van der Waals surface area contributed by atoms with Crippen molar-refractivity contribution in [3.63, 3.8) is 0 Å². The number of amides is 1. The van der Waals surface area contributed by atoms with Crippen LogP contribution in [0.15, 0.2) is 48.5 Å². The molecule has 28 heavy (non-hydrogen) atoms. The molecule has 2 atom stereocenters. The Hall–Kier alpha value is -2.80. The Kier molecular flexibility index (Phi) is 8.07. The molecule has 0 fully saturated rings. The molecule has 5 nitrogen and oxygen atoms in total. The highest BCUT2D eigenvalue weighted by molar-refractivity contribution is 5.84. The zero-order valence-electron chi connectivity index (χ0n) is 15.5. The van der Waals surface area contributed by atoms with Crippen molar-refractivity contribution in [2.24, 2.45) is 11.8 Å². The third-order valence-electron chi connectivity index (χ3n) is 4.57. The molecule has 0 aromatic heterocycles. The summed E-state index contributed by atoms with van der Waals surface area (Å²) in [6.45, 7) is 1.86. The summed E-state index contributed by atoms with van der Waals surface area (Å²) in [4.78, 5) is 29.3. The Balaban J connectivity index is 1.96. The molecule has 0 heterocycles. The number of carbonyl (C=O) groups excluding carboxylic acids is 1. The molecule has 2 aromatic carbocycles. The Morgan fingerprint density at radius 1 is 1.11 bits per heavy atom. The van der Waals surface area contributed by atoms with Gasteiger partial charge in [0.15, 0.2) is 0 Å². The van der Waals surface area contributed by atoms with Gasteiger partial charge in [0.1, 0.15) is 11.6 Å². The van der Waals surface area contributed by atoms with E-state index in [1.54, 1.807) is 6.92 Å². The van der Waals surface area contributed by atoms with Crippen LogP contribution in [0.4, 0.5) is 8.78 Å². The summed E-state index contributed by atoms with van der Waals surface area (Å²) in [5, 5.41) is 9.54. The lowest BCUT2D eigenvalue weighted by Crippen LogP contribution is -2.38. The molecule has 0 unspecified atom stereocenters. The number of nitrogens with one attached hydrogen (secondary N) is 1. The topological polar surface area (TPSA) is 75.6 Å². The van der Waals surface area contributed by atoms with Crippen molar-refractivity contribution < 1.29 is 28.3 Å². The van der Waals surface area contributed by atoms with Gasteiger partial charge < -0.3 is 5.11 Å². The lowest BCUT2D eigenvalue weighted by Gasteiger charge is -2.22. The minimum atomic E-state index is -1.15. The highest BCUT2D eigenvalue weighted by Gasteiger charge is 2.32. The molecule has 7 heteroatoms. The van der Waals surface area contributed by atoms with Crippen LogP contribution in [0.2, 0.25) is 0 Å². The van der Waals surface area contributed by atoms with Crippen LogP contribution in [0, 0.1) is 23.5 Å². The van der Waals surface area contributed by atoms with Gasteiger partial charge in [0.2, 0.25) is 5.91 Å². The first kappa shape index (κ1) is 21.5. The fourth-order valence-electron chi connectivity index (χ4n) is 3.03.